The molecule has 1 fully saturated rings. The standard InChI is InChI=1S/C22H25N3O3/c26-14-21(23-18-6-7-19-20(13-18)28-15-22(27)24-19)25-10-8-17(9-11-25)12-16-4-2-1-3-5-16/h1-7,13-14,17,21,23H,8-12,15H2,(H,24,27). The maximum Gasteiger partial charge on any atom is 0.262 e. The predicted molar refractivity (Wildman–Crippen MR) is 108 cm³/mol. The lowest BCUT2D eigenvalue weighted by atomic mass is 9.90. The van der Waals surface area contributed by atoms with Gasteiger partial charge in [0.1, 0.15) is 11.9 Å². The number of rotatable bonds is 6. The molecule has 28 heavy (non-hydrogen) atoms. The Balaban J connectivity index is 1.34. The minimum Gasteiger partial charge on any atom is -0.482 e. The van der Waals surface area contributed by atoms with Crippen LogP contribution in [-0.4, -0.2) is 43.0 Å². The SMILES string of the molecule is O=CC(Nc1ccc2c(c1)OCC(=O)N2)N1CCC(Cc2ccccc2)CC1. The first kappa shape index (κ1) is 18.5. The number of aldehydes is 1. The molecule has 2 aliphatic heterocycles. The van der Waals surface area contributed by atoms with Gasteiger partial charge in [-0.15, -0.1) is 0 Å². The number of benzene rings is 2. The van der Waals surface area contributed by atoms with E-state index in [0.29, 0.717) is 17.4 Å². The summed E-state index contributed by atoms with van der Waals surface area (Å²) >= 11 is 0. The van der Waals surface area contributed by atoms with Crippen molar-refractivity contribution in [2.75, 3.05) is 30.3 Å². The average molecular weight is 379 g/mol. The van der Waals surface area contributed by atoms with Crippen LogP contribution in [0.2, 0.25) is 0 Å². The Morgan fingerprint density at radius 1 is 1.18 bits per heavy atom. The summed E-state index contributed by atoms with van der Waals surface area (Å²) in [5.41, 5.74) is 2.84. The van der Waals surface area contributed by atoms with E-state index in [1.165, 1.54) is 5.56 Å². The normalized spacial score (nSPS) is 18.5. The Hall–Kier alpha value is -2.86. The number of hydrogen-bond donors (Lipinski definition) is 2. The molecule has 146 valence electrons. The number of anilines is 2. The van der Waals surface area contributed by atoms with Crippen LogP contribution in [0.25, 0.3) is 0 Å². The Labute approximate surface area is 164 Å². The molecule has 2 N–H and O–H groups in total. The highest BCUT2D eigenvalue weighted by atomic mass is 16.5. The third-order valence-corrected chi connectivity index (χ3v) is 5.47. The van der Waals surface area contributed by atoms with Crippen LogP contribution in [-0.2, 0) is 16.0 Å². The van der Waals surface area contributed by atoms with Crippen LogP contribution in [0.4, 0.5) is 11.4 Å². The van der Waals surface area contributed by atoms with Crippen LogP contribution in [0, 0.1) is 5.92 Å². The van der Waals surface area contributed by atoms with Crippen LogP contribution in [0.1, 0.15) is 18.4 Å². The monoisotopic (exact) mass is 379 g/mol. The fraction of sp³-hybridized carbons (Fsp3) is 0.364. The molecule has 0 saturated carbocycles. The van der Waals surface area contributed by atoms with Gasteiger partial charge in [-0.1, -0.05) is 30.3 Å². The second-order valence-corrected chi connectivity index (χ2v) is 7.44. The van der Waals surface area contributed by atoms with Crippen molar-refractivity contribution in [2.45, 2.75) is 25.4 Å². The molecule has 2 aromatic carbocycles. The van der Waals surface area contributed by atoms with Gasteiger partial charge in [0.2, 0.25) is 0 Å². The molecular formula is C22H25N3O3. The highest BCUT2D eigenvalue weighted by molar-refractivity contribution is 5.95. The lowest BCUT2D eigenvalue weighted by Gasteiger charge is -2.36. The van der Waals surface area contributed by atoms with Gasteiger partial charge in [-0.3, -0.25) is 14.5 Å². The van der Waals surface area contributed by atoms with Crippen molar-refractivity contribution in [2.24, 2.45) is 5.92 Å². The lowest BCUT2D eigenvalue weighted by molar-refractivity contribution is -0.118. The first-order valence-corrected chi connectivity index (χ1v) is 9.78. The molecule has 6 nitrogen and oxygen atoms in total. The summed E-state index contributed by atoms with van der Waals surface area (Å²) in [4.78, 5) is 25.3. The number of hydrogen-bond acceptors (Lipinski definition) is 5. The minimum atomic E-state index is -0.367. The first-order chi connectivity index (χ1) is 13.7. The molecular weight excluding hydrogens is 354 g/mol. The number of ether oxygens (including phenoxy) is 1. The first-order valence-electron chi connectivity index (χ1n) is 9.78. The van der Waals surface area contributed by atoms with Gasteiger partial charge in [-0.05, 0) is 42.9 Å². The number of likely N-dealkylation sites (tertiary alicyclic amines) is 1. The number of fused-ring (bicyclic) bond motifs is 1. The molecule has 0 aromatic heterocycles. The Kier molecular flexibility index (Phi) is 5.58. The van der Waals surface area contributed by atoms with Gasteiger partial charge in [-0.25, -0.2) is 0 Å². The highest BCUT2D eigenvalue weighted by Crippen LogP contribution is 2.31. The van der Waals surface area contributed by atoms with E-state index in [0.717, 1.165) is 44.3 Å². The molecule has 1 saturated heterocycles. The molecule has 2 aliphatic rings. The molecule has 0 spiro atoms. The summed E-state index contributed by atoms with van der Waals surface area (Å²) in [6, 6.07) is 16.1. The fourth-order valence-corrected chi connectivity index (χ4v) is 3.93. The summed E-state index contributed by atoms with van der Waals surface area (Å²) in [6.45, 7) is 1.80. The van der Waals surface area contributed by atoms with Crippen molar-refractivity contribution in [3.8, 4) is 5.75 Å². The van der Waals surface area contributed by atoms with Crippen molar-refractivity contribution in [3.05, 3.63) is 54.1 Å². The Morgan fingerprint density at radius 2 is 1.96 bits per heavy atom. The maximum absolute atomic E-state index is 11.7. The summed E-state index contributed by atoms with van der Waals surface area (Å²) in [5, 5.41) is 6.06. The van der Waals surface area contributed by atoms with Gasteiger partial charge in [0, 0.05) is 24.8 Å². The van der Waals surface area contributed by atoms with Gasteiger partial charge in [0.15, 0.2) is 12.9 Å². The molecule has 2 aromatic rings. The van der Waals surface area contributed by atoms with E-state index in [2.05, 4.69) is 39.8 Å². The van der Waals surface area contributed by atoms with E-state index in [1.807, 2.05) is 18.2 Å². The fourth-order valence-electron chi connectivity index (χ4n) is 3.93. The largest absolute Gasteiger partial charge is 0.482 e. The third-order valence-electron chi connectivity index (χ3n) is 5.47. The average Bonchev–Trinajstić information content (AvgIpc) is 2.73. The van der Waals surface area contributed by atoms with E-state index in [1.54, 1.807) is 6.07 Å². The Morgan fingerprint density at radius 3 is 2.71 bits per heavy atom. The van der Waals surface area contributed by atoms with Crippen LogP contribution in [0.15, 0.2) is 48.5 Å². The van der Waals surface area contributed by atoms with Crippen molar-refractivity contribution >= 4 is 23.6 Å². The zero-order chi connectivity index (χ0) is 19.3. The van der Waals surface area contributed by atoms with Gasteiger partial charge >= 0.3 is 0 Å². The molecule has 0 aliphatic carbocycles. The molecule has 1 amide bonds. The summed E-state index contributed by atoms with van der Waals surface area (Å²) in [7, 11) is 0. The third kappa shape index (κ3) is 4.34. The molecule has 1 atom stereocenters. The molecule has 4 rings (SSSR count). The molecule has 0 radical (unpaired) electrons. The Bertz CT molecular complexity index is 832. The molecule has 2 heterocycles. The minimum absolute atomic E-state index is 0.0164. The van der Waals surface area contributed by atoms with Crippen LogP contribution < -0.4 is 15.4 Å². The predicted octanol–water partition coefficient (Wildman–Crippen LogP) is 2.91. The zero-order valence-corrected chi connectivity index (χ0v) is 15.8. The zero-order valence-electron chi connectivity index (χ0n) is 15.8. The maximum atomic E-state index is 11.7. The topological polar surface area (TPSA) is 70.7 Å². The van der Waals surface area contributed by atoms with Crippen LogP contribution in [0.3, 0.4) is 0 Å². The van der Waals surface area contributed by atoms with Gasteiger partial charge in [-0.2, -0.15) is 0 Å². The van der Waals surface area contributed by atoms with Crippen LogP contribution >= 0.6 is 0 Å². The van der Waals surface area contributed by atoms with Gasteiger partial charge in [0.05, 0.1) is 5.69 Å². The van der Waals surface area contributed by atoms with E-state index < -0.39 is 0 Å². The van der Waals surface area contributed by atoms with Crippen molar-refractivity contribution in [1.29, 1.82) is 0 Å². The van der Waals surface area contributed by atoms with Gasteiger partial charge in [0.25, 0.3) is 5.91 Å². The number of carbonyl (C=O) groups is 2. The van der Waals surface area contributed by atoms with E-state index in [-0.39, 0.29) is 18.7 Å². The van der Waals surface area contributed by atoms with E-state index in [4.69, 9.17) is 4.74 Å². The molecule has 0 bridgehead atoms. The lowest BCUT2D eigenvalue weighted by Crippen LogP contribution is -2.46. The van der Waals surface area contributed by atoms with Crippen molar-refractivity contribution < 1.29 is 14.3 Å². The quantitative estimate of drug-likeness (QED) is 0.755. The number of piperidine rings is 1. The number of nitrogens with one attached hydrogen (secondary N) is 2. The smallest absolute Gasteiger partial charge is 0.262 e. The molecule has 6 heteroatoms. The summed E-state index contributed by atoms with van der Waals surface area (Å²) < 4.78 is 5.45. The van der Waals surface area contributed by atoms with E-state index >= 15 is 0 Å². The van der Waals surface area contributed by atoms with E-state index in [9.17, 15) is 9.59 Å². The number of carbonyl (C=O) groups excluding carboxylic acids is 2. The molecule has 1 unspecified atom stereocenters. The number of nitrogens with zero attached hydrogens (tertiary/aromatic N) is 1. The van der Waals surface area contributed by atoms with Crippen LogP contribution in [0.5, 0.6) is 5.75 Å². The number of amides is 1. The summed E-state index contributed by atoms with van der Waals surface area (Å²) in [5.74, 6) is 1.12. The highest BCUT2D eigenvalue weighted by Gasteiger charge is 2.25. The van der Waals surface area contributed by atoms with Gasteiger partial charge < -0.3 is 15.4 Å². The van der Waals surface area contributed by atoms with Crippen molar-refractivity contribution in [1.82, 2.24) is 4.90 Å². The second-order valence-electron chi connectivity index (χ2n) is 7.44. The van der Waals surface area contributed by atoms with Crippen molar-refractivity contribution in [3.63, 3.8) is 0 Å². The summed E-state index contributed by atoms with van der Waals surface area (Å²) in [6.07, 6.45) is 3.86. The second kappa shape index (κ2) is 8.44.